The van der Waals surface area contributed by atoms with Gasteiger partial charge in [0.25, 0.3) is 0 Å². The first-order valence-corrected chi connectivity index (χ1v) is 5.89. The molecule has 0 spiro atoms. The number of anilines is 2. The van der Waals surface area contributed by atoms with Crippen LogP contribution >= 0.6 is 0 Å². The molecule has 0 aliphatic carbocycles. The van der Waals surface area contributed by atoms with Crippen molar-refractivity contribution in [2.45, 2.75) is 6.54 Å². The molecular formula is C14H17N3O2. The van der Waals surface area contributed by atoms with E-state index < -0.39 is 0 Å². The molecular weight excluding hydrogens is 242 g/mol. The average molecular weight is 259 g/mol. The molecule has 0 unspecified atom stereocenters. The SMILES string of the molecule is COc1ccc(CNc2ccc(N)cn2)cc1OC. The first-order valence-electron chi connectivity index (χ1n) is 5.89. The van der Waals surface area contributed by atoms with E-state index in [9.17, 15) is 0 Å². The van der Waals surface area contributed by atoms with E-state index in [0.717, 1.165) is 17.1 Å². The van der Waals surface area contributed by atoms with Gasteiger partial charge in [-0.05, 0) is 29.8 Å². The summed E-state index contributed by atoms with van der Waals surface area (Å²) in [6.07, 6.45) is 1.62. The first-order chi connectivity index (χ1) is 9.22. The van der Waals surface area contributed by atoms with Crippen LogP contribution in [0.5, 0.6) is 11.5 Å². The molecule has 0 aliphatic heterocycles. The maximum atomic E-state index is 5.58. The highest BCUT2D eigenvalue weighted by Crippen LogP contribution is 2.27. The second-order valence-electron chi connectivity index (χ2n) is 4.02. The summed E-state index contributed by atoms with van der Waals surface area (Å²) in [6.45, 7) is 0.650. The molecule has 19 heavy (non-hydrogen) atoms. The van der Waals surface area contributed by atoms with Crippen LogP contribution in [0.1, 0.15) is 5.56 Å². The summed E-state index contributed by atoms with van der Waals surface area (Å²) in [7, 11) is 3.24. The van der Waals surface area contributed by atoms with Gasteiger partial charge in [0.1, 0.15) is 5.82 Å². The van der Waals surface area contributed by atoms with Gasteiger partial charge in [-0.25, -0.2) is 4.98 Å². The predicted octanol–water partition coefficient (Wildman–Crippen LogP) is 2.29. The number of hydrogen-bond donors (Lipinski definition) is 2. The second-order valence-corrected chi connectivity index (χ2v) is 4.02. The van der Waals surface area contributed by atoms with E-state index in [0.29, 0.717) is 18.0 Å². The van der Waals surface area contributed by atoms with Crippen molar-refractivity contribution in [2.75, 3.05) is 25.3 Å². The topological polar surface area (TPSA) is 69.4 Å². The summed E-state index contributed by atoms with van der Waals surface area (Å²) in [4.78, 5) is 4.18. The highest BCUT2D eigenvalue weighted by Gasteiger charge is 2.04. The molecule has 3 N–H and O–H groups in total. The van der Waals surface area contributed by atoms with E-state index in [1.54, 1.807) is 20.4 Å². The van der Waals surface area contributed by atoms with Gasteiger partial charge in [-0.2, -0.15) is 0 Å². The van der Waals surface area contributed by atoms with Gasteiger partial charge in [0.15, 0.2) is 11.5 Å². The Labute approximate surface area is 112 Å². The number of nitrogen functional groups attached to an aromatic ring is 1. The van der Waals surface area contributed by atoms with Gasteiger partial charge in [-0.15, -0.1) is 0 Å². The minimum absolute atomic E-state index is 0.650. The van der Waals surface area contributed by atoms with Crippen LogP contribution in [-0.4, -0.2) is 19.2 Å². The fourth-order valence-electron chi connectivity index (χ4n) is 1.69. The Balaban J connectivity index is 2.05. The van der Waals surface area contributed by atoms with E-state index in [4.69, 9.17) is 15.2 Å². The lowest BCUT2D eigenvalue weighted by Gasteiger charge is -2.10. The fraction of sp³-hybridized carbons (Fsp3) is 0.214. The Kier molecular flexibility index (Phi) is 4.07. The summed E-state index contributed by atoms with van der Waals surface area (Å²) < 4.78 is 10.5. The number of methoxy groups -OCH3 is 2. The van der Waals surface area contributed by atoms with Crippen LogP contribution in [0.25, 0.3) is 0 Å². The number of nitrogens with one attached hydrogen (secondary N) is 1. The van der Waals surface area contributed by atoms with Gasteiger partial charge in [0.05, 0.1) is 26.1 Å². The van der Waals surface area contributed by atoms with Crippen molar-refractivity contribution >= 4 is 11.5 Å². The third-order valence-electron chi connectivity index (χ3n) is 2.71. The molecule has 0 atom stereocenters. The molecule has 1 aromatic carbocycles. The lowest BCUT2D eigenvalue weighted by molar-refractivity contribution is 0.354. The van der Waals surface area contributed by atoms with Crippen molar-refractivity contribution in [3.05, 3.63) is 42.1 Å². The lowest BCUT2D eigenvalue weighted by atomic mass is 10.2. The molecule has 0 bridgehead atoms. The van der Waals surface area contributed by atoms with Gasteiger partial charge in [-0.3, -0.25) is 0 Å². The molecule has 1 heterocycles. The lowest BCUT2D eigenvalue weighted by Crippen LogP contribution is -2.02. The molecule has 0 radical (unpaired) electrons. The molecule has 0 amide bonds. The molecule has 5 heteroatoms. The molecule has 0 aliphatic rings. The van der Waals surface area contributed by atoms with Crippen molar-refractivity contribution in [3.63, 3.8) is 0 Å². The Morgan fingerprint density at radius 1 is 1.11 bits per heavy atom. The summed E-state index contributed by atoms with van der Waals surface area (Å²) in [6, 6.07) is 9.45. The molecule has 0 fully saturated rings. The normalized spacial score (nSPS) is 10.0. The zero-order valence-electron chi connectivity index (χ0n) is 11.0. The Hall–Kier alpha value is -2.43. The largest absolute Gasteiger partial charge is 0.493 e. The summed E-state index contributed by atoms with van der Waals surface area (Å²) in [5.41, 5.74) is 7.31. The van der Waals surface area contributed by atoms with Crippen LogP contribution in [0.2, 0.25) is 0 Å². The zero-order chi connectivity index (χ0) is 13.7. The van der Waals surface area contributed by atoms with Gasteiger partial charge in [-0.1, -0.05) is 6.07 Å². The Morgan fingerprint density at radius 3 is 2.53 bits per heavy atom. The van der Waals surface area contributed by atoms with E-state index in [-0.39, 0.29) is 0 Å². The molecule has 100 valence electrons. The van der Waals surface area contributed by atoms with Crippen molar-refractivity contribution < 1.29 is 9.47 Å². The minimum atomic E-state index is 0.650. The molecule has 1 aromatic heterocycles. The number of benzene rings is 1. The second kappa shape index (κ2) is 5.95. The predicted molar refractivity (Wildman–Crippen MR) is 75.5 cm³/mol. The quantitative estimate of drug-likeness (QED) is 0.862. The number of pyridine rings is 1. The Morgan fingerprint density at radius 2 is 1.89 bits per heavy atom. The molecule has 0 saturated heterocycles. The van der Waals surface area contributed by atoms with Crippen LogP contribution in [-0.2, 0) is 6.54 Å². The third kappa shape index (κ3) is 3.28. The van der Waals surface area contributed by atoms with Crippen molar-refractivity contribution in [1.29, 1.82) is 0 Å². The number of rotatable bonds is 5. The monoisotopic (exact) mass is 259 g/mol. The van der Waals surface area contributed by atoms with Crippen molar-refractivity contribution in [2.24, 2.45) is 0 Å². The van der Waals surface area contributed by atoms with E-state index >= 15 is 0 Å². The zero-order valence-corrected chi connectivity index (χ0v) is 11.0. The van der Waals surface area contributed by atoms with Crippen LogP contribution in [0.3, 0.4) is 0 Å². The molecule has 5 nitrogen and oxygen atoms in total. The van der Waals surface area contributed by atoms with Crippen LogP contribution in [0.4, 0.5) is 11.5 Å². The van der Waals surface area contributed by atoms with Crippen LogP contribution in [0, 0.1) is 0 Å². The summed E-state index contributed by atoms with van der Waals surface area (Å²) >= 11 is 0. The number of nitrogens with two attached hydrogens (primary N) is 1. The van der Waals surface area contributed by atoms with Gasteiger partial charge in [0, 0.05) is 6.54 Å². The standard InChI is InChI=1S/C14H17N3O2/c1-18-12-5-3-10(7-13(12)19-2)8-16-14-6-4-11(15)9-17-14/h3-7,9H,8,15H2,1-2H3,(H,16,17). The molecule has 2 aromatic rings. The van der Waals surface area contributed by atoms with Crippen LogP contribution < -0.4 is 20.5 Å². The van der Waals surface area contributed by atoms with E-state index in [1.165, 1.54) is 0 Å². The maximum Gasteiger partial charge on any atom is 0.161 e. The number of nitrogens with zero attached hydrogens (tertiary/aromatic N) is 1. The smallest absolute Gasteiger partial charge is 0.161 e. The van der Waals surface area contributed by atoms with Gasteiger partial charge in [0.2, 0.25) is 0 Å². The third-order valence-corrected chi connectivity index (χ3v) is 2.71. The molecule has 0 saturated carbocycles. The summed E-state index contributed by atoms with van der Waals surface area (Å²) in [5.74, 6) is 2.22. The highest BCUT2D eigenvalue weighted by molar-refractivity contribution is 5.46. The number of ether oxygens (including phenoxy) is 2. The number of hydrogen-bond acceptors (Lipinski definition) is 5. The van der Waals surface area contributed by atoms with Gasteiger partial charge >= 0.3 is 0 Å². The average Bonchev–Trinajstić information content (AvgIpc) is 2.46. The van der Waals surface area contributed by atoms with Crippen LogP contribution in [0.15, 0.2) is 36.5 Å². The van der Waals surface area contributed by atoms with Crippen molar-refractivity contribution in [1.82, 2.24) is 4.98 Å². The summed E-state index contributed by atoms with van der Waals surface area (Å²) in [5, 5.41) is 3.21. The molecule has 2 rings (SSSR count). The first kappa shape index (κ1) is 13.0. The maximum absolute atomic E-state index is 5.58. The van der Waals surface area contributed by atoms with E-state index in [2.05, 4.69) is 10.3 Å². The minimum Gasteiger partial charge on any atom is -0.493 e. The van der Waals surface area contributed by atoms with Crippen molar-refractivity contribution in [3.8, 4) is 11.5 Å². The fourth-order valence-corrected chi connectivity index (χ4v) is 1.69. The Bertz CT molecular complexity index is 541. The van der Waals surface area contributed by atoms with E-state index in [1.807, 2.05) is 30.3 Å². The highest BCUT2D eigenvalue weighted by atomic mass is 16.5. The van der Waals surface area contributed by atoms with Gasteiger partial charge < -0.3 is 20.5 Å². The number of aromatic nitrogens is 1.